The highest BCUT2D eigenvalue weighted by molar-refractivity contribution is 5.66. The summed E-state index contributed by atoms with van der Waals surface area (Å²) >= 11 is 0. The summed E-state index contributed by atoms with van der Waals surface area (Å²) in [7, 11) is 0. The van der Waals surface area contributed by atoms with Gasteiger partial charge in [0, 0.05) is 0 Å². The van der Waals surface area contributed by atoms with Crippen molar-refractivity contribution in [2.24, 2.45) is 0 Å². The molecule has 0 amide bonds. The molecule has 0 aromatic heterocycles. The van der Waals surface area contributed by atoms with Crippen molar-refractivity contribution in [2.45, 2.75) is 25.4 Å². The molecule has 27 heavy (non-hydrogen) atoms. The van der Waals surface area contributed by atoms with E-state index in [-0.39, 0.29) is 17.7 Å². The van der Waals surface area contributed by atoms with Gasteiger partial charge in [-0.1, -0.05) is 0 Å². The van der Waals surface area contributed by atoms with Gasteiger partial charge in [0.15, 0.2) is 17.4 Å². The Bertz CT molecular complexity index is 813. The van der Waals surface area contributed by atoms with Crippen molar-refractivity contribution in [3.8, 4) is 16.9 Å². The van der Waals surface area contributed by atoms with Gasteiger partial charge in [-0.25, -0.2) is 22.0 Å². The fourth-order valence-electron chi connectivity index (χ4n) is 2.16. The number of alkyl halides is 6. The lowest BCUT2D eigenvalue weighted by molar-refractivity contribution is -0.306. The maximum atomic E-state index is 13.9. The first kappa shape index (κ1) is 20.8. The van der Waals surface area contributed by atoms with Crippen LogP contribution in [0.15, 0.2) is 24.3 Å². The Morgan fingerprint density at radius 2 is 1.22 bits per heavy atom. The highest BCUT2D eigenvalue weighted by Gasteiger charge is 2.59. The average Bonchev–Trinajstić information content (AvgIpc) is 2.48. The van der Waals surface area contributed by atoms with Gasteiger partial charge in [-0.3, -0.25) is 0 Å². The Morgan fingerprint density at radius 1 is 0.778 bits per heavy atom. The van der Waals surface area contributed by atoms with Crippen LogP contribution in [0.4, 0.5) is 43.9 Å². The molecule has 0 aliphatic heterocycles. The zero-order valence-corrected chi connectivity index (χ0v) is 13.1. The van der Waals surface area contributed by atoms with Gasteiger partial charge < -0.3 is 4.74 Å². The minimum Gasteiger partial charge on any atom is -0.424 e. The van der Waals surface area contributed by atoms with Crippen LogP contribution in [0.3, 0.4) is 0 Å². The largest absolute Gasteiger partial charge is 0.439 e. The fourth-order valence-corrected chi connectivity index (χ4v) is 2.16. The van der Waals surface area contributed by atoms with Crippen LogP contribution in [-0.4, -0.2) is 18.5 Å². The van der Waals surface area contributed by atoms with Gasteiger partial charge in [0.1, 0.15) is 11.6 Å². The van der Waals surface area contributed by atoms with Crippen LogP contribution in [-0.2, 0) is 0 Å². The Morgan fingerprint density at radius 3 is 1.63 bits per heavy atom. The topological polar surface area (TPSA) is 9.23 Å². The molecule has 0 aliphatic rings. The molecule has 1 nitrogen and oxygen atoms in total. The molecule has 0 spiro atoms. The Balaban J connectivity index is 2.47. The smallest absolute Gasteiger partial charge is 0.424 e. The van der Waals surface area contributed by atoms with Crippen LogP contribution in [0, 0.1) is 30.2 Å². The first-order chi connectivity index (χ1) is 12.2. The Hall–Kier alpha value is -2.46. The molecule has 0 aliphatic carbocycles. The first-order valence-electron chi connectivity index (χ1n) is 6.96. The lowest BCUT2D eigenvalue weighted by Gasteiger charge is -2.23. The molecule has 0 N–H and O–H groups in total. The molecule has 0 saturated heterocycles. The van der Waals surface area contributed by atoms with Gasteiger partial charge in [-0.15, -0.1) is 0 Å². The van der Waals surface area contributed by atoms with Gasteiger partial charge >= 0.3 is 12.3 Å². The van der Waals surface area contributed by atoms with E-state index >= 15 is 0 Å². The van der Waals surface area contributed by atoms with Crippen LogP contribution in [0.5, 0.6) is 5.75 Å². The zero-order chi connectivity index (χ0) is 20.7. The van der Waals surface area contributed by atoms with E-state index in [0.717, 1.165) is 12.1 Å². The van der Waals surface area contributed by atoms with Crippen molar-refractivity contribution in [2.75, 3.05) is 0 Å². The molecule has 2 aromatic rings. The highest BCUT2D eigenvalue weighted by atomic mass is 19.4. The summed E-state index contributed by atoms with van der Waals surface area (Å²) in [5, 5.41) is 0. The lowest BCUT2D eigenvalue weighted by atomic mass is 10.0. The van der Waals surface area contributed by atoms with E-state index in [1.807, 2.05) is 0 Å². The lowest BCUT2D eigenvalue weighted by Crippen LogP contribution is -2.46. The molecule has 0 radical (unpaired) electrons. The molecule has 0 fully saturated rings. The van der Waals surface area contributed by atoms with Gasteiger partial charge in [0.05, 0.1) is 5.56 Å². The highest BCUT2D eigenvalue weighted by Crippen LogP contribution is 2.39. The summed E-state index contributed by atoms with van der Waals surface area (Å²) < 4.78 is 134. The summed E-state index contributed by atoms with van der Waals surface area (Å²) in [6.07, 6.45) is -16.6. The number of rotatable bonds is 4. The molecule has 1 unspecified atom stereocenters. The number of hydrogen-bond donors (Lipinski definition) is 0. The molecular weight excluding hydrogens is 398 g/mol. The fraction of sp³-hybridized carbons (Fsp3) is 0.250. The normalized spacial score (nSPS) is 13.6. The van der Waals surface area contributed by atoms with Crippen LogP contribution in [0.25, 0.3) is 11.1 Å². The molecule has 0 bridgehead atoms. The number of ether oxygens (including phenoxy) is 1. The summed E-state index contributed by atoms with van der Waals surface area (Å²) in [6, 6.07) is 1.96. The predicted octanol–water partition coefficient (Wildman–Crippen LogP) is 6.09. The third kappa shape index (κ3) is 4.28. The maximum Gasteiger partial charge on any atom is 0.439 e. The Labute approximate surface area is 145 Å². The molecule has 2 aromatic carbocycles. The minimum atomic E-state index is -6.06. The molecule has 11 heteroatoms. The van der Waals surface area contributed by atoms with Crippen molar-refractivity contribution in [3.63, 3.8) is 0 Å². The molecule has 148 valence electrons. The van der Waals surface area contributed by atoms with Crippen LogP contribution in [0.2, 0.25) is 0 Å². The molecule has 1 atom stereocenters. The van der Waals surface area contributed by atoms with E-state index in [2.05, 4.69) is 4.74 Å². The number of benzene rings is 2. The molecular formula is C16H8F10O. The second-order valence-corrected chi connectivity index (χ2v) is 5.44. The van der Waals surface area contributed by atoms with Crippen LogP contribution < -0.4 is 4.74 Å². The standard InChI is InChI=1S/C16H8F10O/c1-6-2-8(17)12(9(18)3-6)7-4-10(19)13(11(20)5-7)27-16(25,26)14(21)15(22,23)24/h2-5,14H,1H3. The van der Waals surface area contributed by atoms with E-state index in [1.54, 1.807) is 0 Å². The van der Waals surface area contributed by atoms with Gasteiger partial charge in [0.25, 0.3) is 6.17 Å². The van der Waals surface area contributed by atoms with Crippen LogP contribution in [0.1, 0.15) is 5.56 Å². The van der Waals surface area contributed by atoms with Gasteiger partial charge in [0.2, 0.25) is 0 Å². The van der Waals surface area contributed by atoms with E-state index in [9.17, 15) is 43.9 Å². The van der Waals surface area contributed by atoms with Crippen molar-refractivity contribution in [1.82, 2.24) is 0 Å². The number of hydrogen-bond acceptors (Lipinski definition) is 1. The monoisotopic (exact) mass is 406 g/mol. The van der Waals surface area contributed by atoms with Crippen molar-refractivity contribution >= 4 is 0 Å². The van der Waals surface area contributed by atoms with E-state index in [1.165, 1.54) is 6.92 Å². The molecule has 0 saturated carbocycles. The summed E-state index contributed by atoms with van der Waals surface area (Å²) in [6.45, 7) is 1.32. The third-order valence-electron chi connectivity index (χ3n) is 3.29. The average molecular weight is 406 g/mol. The Kier molecular flexibility index (Phi) is 5.35. The zero-order valence-electron chi connectivity index (χ0n) is 13.1. The van der Waals surface area contributed by atoms with Gasteiger partial charge in [-0.2, -0.15) is 22.0 Å². The second kappa shape index (κ2) is 6.93. The summed E-state index contributed by atoms with van der Waals surface area (Å²) in [5.41, 5.74) is -1.55. The van der Waals surface area contributed by atoms with E-state index < -0.39 is 58.6 Å². The molecule has 2 rings (SSSR count). The summed E-state index contributed by atoms with van der Waals surface area (Å²) in [4.78, 5) is 0. The van der Waals surface area contributed by atoms with E-state index in [4.69, 9.17) is 0 Å². The van der Waals surface area contributed by atoms with Crippen LogP contribution >= 0.6 is 0 Å². The van der Waals surface area contributed by atoms with Crippen molar-refractivity contribution in [3.05, 3.63) is 53.1 Å². The maximum absolute atomic E-state index is 13.9. The van der Waals surface area contributed by atoms with Gasteiger partial charge in [-0.05, 0) is 42.3 Å². The first-order valence-corrected chi connectivity index (χ1v) is 6.96. The molecule has 0 heterocycles. The van der Waals surface area contributed by atoms with Crippen molar-refractivity contribution in [1.29, 1.82) is 0 Å². The quantitative estimate of drug-likeness (QED) is 0.559. The summed E-state index contributed by atoms with van der Waals surface area (Å²) in [5.74, 6) is -8.53. The van der Waals surface area contributed by atoms with E-state index in [0.29, 0.717) is 0 Å². The third-order valence-corrected chi connectivity index (χ3v) is 3.29. The predicted molar refractivity (Wildman–Crippen MR) is 73.0 cm³/mol. The minimum absolute atomic E-state index is 0.135. The van der Waals surface area contributed by atoms with Crippen molar-refractivity contribution < 1.29 is 48.6 Å². The number of aryl methyl sites for hydroxylation is 1. The SMILES string of the molecule is Cc1cc(F)c(-c2cc(F)c(OC(F)(F)C(F)C(F)(F)F)c(F)c2)c(F)c1. The number of halogens is 10. The second-order valence-electron chi connectivity index (χ2n) is 5.44.